The average molecular weight is 520 g/mol. The number of halogens is 1. The number of hydrogen-bond acceptors (Lipinski definition) is 5. The van der Waals surface area contributed by atoms with Crippen molar-refractivity contribution in [1.29, 1.82) is 0 Å². The molecule has 1 N–H and O–H groups in total. The van der Waals surface area contributed by atoms with E-state index in [1.807, 2.05) is 41.3 Å². The smallest absolute Gasteiger partial charge is 0.254 e. The number of nitrogens with one attached hydrogen (secondary N) is 1. The van der Waals surface area contributed by atoms with Gasteiger partial charge in [-0.1, -0.05) is 35.9 Å². The summed E-state index contributed by atoms with van der Waals surface area (Å²) in [5, 5.41) is 3.31. The van der Waals surface area contributed by atoms with Gasteiger partial charge in [0, 0.05) is 36.3 Å². The molecule has 0 spiro atoms. The zero-order valence-corrected chi connectivity index (χ0v) is 21.7. The lowest BCUT2D eigenvalue weighted by Gasteiger charge is -2.32. The Bertz CT molecular complexity index is 1270. The fourth-order valence-electron chi connectivity index (χ4n) is 5.08. The minimum Gasteiger partial charge on any atom is -0.497 e. The van der Waals surface area contributed by atoms with Gasteiger partial charge in [0.1, 0.15) is 10.9 Å². The Morgan fingerprint density at radius 2 is 1.62 bits per heavy atom. The molecule has 192 valence electrons. The first-order valence-electron chi connectivity index (χ1n) is 12.5. The van der Waals surface area contributed by atoms with Gasteiger partial charge < -0.3 is 19.7 Å². The number of ether oxygens (including phenoxy) is 2. The van der Waals surface area contributed by atoms with Crippen molar-refractivity contribution in [2.24, 2.45) is 5.92 Å². The van der Waals surface area contributed by atoms with E-state index in [4.69, 9.17) is 21.1 Å². The summed E-state index contributed by atoms with van der Waals surface area (Å²) in [7, 11) is 3.15. The molecule has 8 heteroatoms. The number of methoxy groups -OCH3 is 2. The molecule has 2 aliphatic rings. The average Bonchev–Trinajstić information content (AvgIpc) is 3.74. The fourth-order valence-corrected chi connectivity index (χ4v) is 5.28. The highest BCUT2D eigenvalue weighted by Crippen LogP contribution is 2.48. The third-order valence-electron chi connectivity index (χ3n) is 7.33. The Kier molecular flexibility index (Phi) is 7.33. The maximum absolute atomic E-state index is 13.0. The summed E-state index contributed by atoms with van der Waals surface area (Å²) in [6.45, 7) is 1.33. The fraction of sp³-hybridized carbons (Fsp3) is 0.345. The van der Waals surface area contributed by atoms with E-state index in [1.54, 1.807) is 19.2 Å². The molecule has 1 aliphatic carbocycles. The van der Waals surface area contributed by atoms with E-state index >= 15 is 0 Å². The highest BCUT2D eigenvalue weighted by Gasteiger charge is 2.43. The number of carbonyl (C=O) groups excluding carboxylic acids is 2. The summed E-state index contributed by atoms with van der Waals surface area (Å²) in [5.41, 5.74) is 3.69. The molecular formula is C29H30ClN3O4. The van der Waals surface area contributed by atoms with Gasteiger partial charge in [-0.25, -0.2) is 4.98 Å². The number of nitrogens with zero attached hydrogens (tertiary/aromatic N) is 2. The van der Waals surface area contributed by atoms with Crippen molar-refractivity contribution in [1.82, 2.24) is 9.88 Å². The molecule has 2 amide bonds. The maximum Gasteiger partial charge on any atom is 0.254 e. The zero-order chi connectivity index (χ0) is 25.9. The summed E-state index contributed by atoms with van der Waals surface area (Å²) in [6, 6.07) is 19.3. The van der Waals surface area contributed by atoms with Crippen molar-refractivity contribution >= 4 is 29.1 Å². The van der Waals surface area contributed by atoms with Gasteiger partial charge in [0.25, 0.3) is 5.91 Å². The monoisotopic (exact) mass is 519 g/mol. The van der Waals surface area contributed by atoms with E-state index in [2.05, 4.69) is 22.4 Å². The van der Waals surface area contributed by atoms with E-state index in [0.717, 1.165) is 30.7 Å². The number of amides is 2. The van der Waals surface area contributed by atoms with Crippen LogP contribution in [0.3, 0.4) is 0 Å². The van der Waals surface area contributed by atoms with Crippen LogP contribution in [0.5, 0.6) is 11.6 Å². The Balaban J connectivity index is 1.12. The van der Waals surface area contributed by atoms with Crippen molar-refractivity contribution in [2.45, 2.75) is 31.1 Å². The molecule has 0 radical (unpaired) electrons. The van der Waals surface area contributed by atoms with Crippen LogP contribution in [0.15, 0.2) is 60.7 Å². The van der Waals surface area contributed by atoms with Gasteiger partial charge in [-0.3, -0.25) is 9.59 Å². The first kappa shape index (κ1) is 25.1. The SMILES string of the molecule is COc1ccc(C2CC2C(=O)Nc2ccc(C3CCN(C(=O)c4cc(Cl)nc(OC)c4)CC3)cc2)cc1. The summed E-state index contributed by atoms with van der Waals surface area (Å²) < 4.78 is 10.3. The molecule has 0 bridgehead atoms. The van der Waals surface area contributed by atoms with Crippen molar-refractivity contribution < 1.29 is 19.1 Å². The lowest BCUT2D eigenvalue weighted by Crippen LogP contribution is -2.38. The van der Waals surface area contributed by atoms with Gasteiger partial charge in [-0.15, -0.1) is 0 Å². The summed E-state index contributed by atoms with van der Waals surface area (Å²) in [4.78, 5) is 31.6. The number of benzene rings is 2. The van der Waals surface area contributed by atoms with Crippen molar-refractivity contribution in [3.05, 3.63) is 82.5 Å². The van der Waals surface area contributed by atoms with Gasteiger partial charge in [0.05, 0.1) is 14.2 Å². The topological polar surface area (TPSA) is 80.8 Å². The first-order valence-corrected chi connectivity index (χ1v) is 12.9. The maximum atomic E-state index is 13.0. The van der Waals surface area contributed by atoms with E-state index in [0.29, 0.717) is 30.5 Å². The molecule has 5 rings (SSSR count). The molecule has 1 saturated carbocycles. The standard InChI is InChI=1S/C29H30ClN3O4/c1-36-23-9-5-20(6-10-23)24-17-25(24)28(34)31-22-7-3-18(4-8-22)19-11-13-33(14-12-19)29(35)21-15-26(30)32-27(16-21)37-2/h3-10,15-16,19,24-25H,11-14,17H2,1-2H3,(H,31,34). The zero-order valence-electron chi connectivity index (χ0n) is 20.9. The molecule has 2 fully saturated rings. The number of carbonyl (C=O) groups is 2. The summed E-state index contributed by atoms with van der Waals surface area (Å²) >= 11 is 6.03. The van der Waals surface area contributed by atoms with Crippen LogP contribution in [0.4, 0.5) is 5.69 Å². The quantitative estimate of drug-likeness (QED) is 0.416. The molecule has 2 atom stereocenters. The van der Waals surface area contributed by atoms with Crippen LogP contribution >= 0.6 is 11.6 Å². The highest BCUT2D eigenvalue weighted by molar-refractivity contribution is 6.29. The molecule has 2 unspecified atom stereocenters. The van der Waals surface area contributed by atoms with Crippen molar-refractivity contribution in [3.63, 3.8) is 0 Å². The second-order valence-corrected chi connectivity index (χ2v) is 10.0. The largest absolute Gasteiger partial charge is 0.497 e. The number of hydrogen-bond donors (Lipinski definition) is 1. The second kappa shape index (κ2) is 10.8. The Morgan fingerprint density at radius 3 is 2.27 bits per heavy atom. The number of anilines is 1. The molecule has 7 nitrogen and oxygen atoms in total. The lowest BCUT2D eigenvalue weighted by atomic mass is 9.89. The first-order chi connectivity index (χ1) is 17.9. The lowest BCUT2D eigenvalue weighted by molar-refractivity contribution is -0.117. The van der Waals surface area contributed by atoms with Gasteiger partial charge in [-0.05, 0) is 72.6 Å². The van der Waals surface area contributed by atoms with Crippen LogP contribution in [-0.2, 0) is 4.79 Å². The number of aromatic nitrogens is 1. The molecule has 3 aromatic rings. The molecular weight excluding hydrogens is 490 g/mol. The Morgan fingerprint density at radius 1 is 0.946 bits per heavy atom. The van der Waals surface area contributed by atoms with Gasteiger partial charge in [0.2, 0.25) is 11.8 Å². The summed E-state index contributed by atoms with van der Waals surface area (Å²) in [6.07, 6.45) is 2.62. The van der Waals surface area contributed by atoms with Gasteiger partial charge in [0.15, 0.2) is 0 Å². The number of pyridine rings is 1. The van der Waals surface area contributed by atoms with Crippen LogP contribution in [0, 0.1) is 5.92 Å². The third-order valence-corrected chi connectivity index (χ3v) is 7.52. The predicted octanol–water partition coefficient (Wildman–Crippen LogP) is 5.51. The molecule has 1 aromatic heterocycles. The van der Waals surface area contributed by atoms with E-state index < -0.39 is 0 Å². The van der Waals surface area contributed by atoms with E-state index in [9.17, 15) is 9.59 Å². The van der Waals surface area contributed by atoms with Crippen LogP contribution in [0.2, 0.25) is 5.15 Å². The normalized spacial score (nSPS) is 19.3. The molecule has 1 aliphatic heterocycles. The van der Waals surface area contributed by atoms with E-state index in [1.165, 1.54) is 18.2 Å². The Hall–Kier alpha value is -3.58. The van der Waals surface area contributed by atoms with Crippen LogP contribution in [0.25, 0.3) is 0 Å². The molecule has 1 saturated heterocycles. The van der Waals surface area contributed by atoms with Crippen molar-refractivity contribution in [3.8, 4) is 11.6 Å². The number of rotatable bonds is 7. The Labute approximate surface area is 221 Å². The van der Waals surface area contributed by atoms with Gasteiger partial charge >= 0.3 is 0 Å². The third kappa shape index (κ3) is 5.72. The highest BCUT2D eigenvalue weighted by atomic mass is 35.5. The number of likely N-dealkylation sites (tertiary alicyclic amines) is 1. The van der Waals surface area contributed by atoms with Gasteiger partial charge in [-0.2, -0.15) is 0 Å². The van der Waals surface area contributed by atoms with Crippen LogP contribution in [0.1, 0.15) is 52.6 Å². The van der Waals surface area contributed by atoms with Crippen LogP contribution in [-0.4, -0.2) is 49.0 Å². The number of piperidine rings is 1. The second-order valence-electron chi connectivity index (χ2n) is 9.62. The molecule has 37 heavy (non-hydrogen) atoms. The molecule has 2 heterocycles. The van der Waals surface area contributed by atoms with Crippen molar-refractivity contribution in [2.75, 3.05) is 32.6 Å². The summed E-state index contributed by atoms with van der Waals surface area (Å²) in [5.74, 6) is 1.79. The minimum atomic E-state index is -0.0628. The predicted molar refractivity (Wildman–Crippen MR) is 143 cm³/mol. The van der Waals surface area contributed by atoms with Crippen LogP contribution < -0.4 is 14.8 Å². The van der Waals surface area contributed by atoms with E-state index in [-0.39, 0.29) is 28.8 Å². The molecule has 2 aromatic carbocycles. The minimum absolute atomic E-state index is 0.00480.